The summed E-state index contributed by atoms with van der Waals surface area (Å²) in [5.41, 5.74) is 3.00. The van der Waals surface area contributed by atoms with Crippen LogP contribution >= 0.6 is 15.9 Å². The van der Waals surface area contributed by atoms with E-state index in [9.17, 15) is 15.0 Å². The number of rotatable bonds is 5. The van der Waals surface area contributed by atoms with E-state index in [4.69, 9.17) is 4.98 Å². The second kappa shape index (κ2) is 10.0. The highest BCUT2D eigenvalue weighted by molar-refractivity contribution is 9.10. The number of aromatic carboxylic acids is 1. The molecule has 2 N–H and O–H groups in total. The lowest BCUT2D eigenvalue weighted by Gasteiger charge is -2.40. The van der Waals surface area contributed by atoms with E-state index in [1.54, 1.807) is 6.07 Å². The number of carboxylic acids is 1. The molecule has 0 unspecified atom stereocenters. The van der Waals surface area contributed by atoms with Crippen LogP contribution in [-0.4, -0.2) is 63.2 Å². The maximum absolute atomic E-state index is 12.6. The fourth-order valence-corrected chi connectivity index (χ4v) is 5.94. The fraction of sp³-hybridized carbons (Fsp3) is 0.407. The topological polar surface area (TPSA) is 76.9 Å². The number of halogens is 1. The van der Waals surface area contributed by atoms with E-state index >= 15 is 0 Å². The molecule has 2 aliphatic heterocycles. The predicted octanol–water partition coefficient (Wildman–Crippen LogP) is 5.52. The van der Waals surface area contributed by atoms with Gasteiger partial charge in [-0.1, -0.05) is 36.8 Å². The molecule has 1 aromatic heterocycles. The Bertz CT molecular complexity index is 1190. The number of phenolic OH excluding ortho intramolecular Hbond substituents is 1. The number of fused-ring (bicyclic) bond motifs is 1. The molecule has 34 heavy (non-hydrogen) atoms. The molecule has 178 valence electrons. The van der Waals surface area contributed by atoms with Crippen molar-refractivity contribution in [3.05, 3.63) is 58.1 Å². The number of hydrogen-bond acceptors (Lipinski definition) is 5. The van der Waals surface area contributed by atoms with Gasteiger partial charge in [0.15, 0.2) is 0 Å². The van der Waals surface area contributed by atoms with Crippen molar-refractivity contribution < 1.29 is 15.0 Å². The summed E-state index contributed by atoms with van der Waals surface area (Å²) in [5, 5.41) is 21.1. The van der Waals surface area contributed by atoms with Gasteiger partial charge in [-0.2, -0.15) is 0 Å². The summed E-state index contributed by atoms with van der Waals surface area (Å²) in [6, 6.07) is 13.6. The zero-order chi connectivity index (χ0) is 23.7. The molecule has 2 aromatic carbocycles. The maximum Gasteiger partial charge on any atom is 0.336 e. The van der Waals surface area contributed by atoms with Gasteiger partial charge in [0.25, 0.3) is 0 Å². The first-order valence-electron chi connectivity index (χ1n) is 12.1. The van der Waals surface area contributed by atoms with Gasteiger partial charge < -0.3 is 15.1 Å². The third-order valence-electron chi connectivity index (χ3n) is 7.28. The fourth-order valence-electron chi connectivity index (χ4n) is 5.51. The molecule has 0 amide bonds. The Morgan fingerprint density at radius 1 is 1.00 bits per heavy atom. The van der Waals surface area contributed by atoms with E-state index in [1.165, 1.54) is 38.4 Å². The van der Waals surface area contributed by atoms with Crippen LogP contribution in [0.5, 0.6) is 5.75 Å². The van der Waals surface area contributed by atoms with Crippen LogP contribution in [-0.2, 0) is 6.54 Å². The van der Waals surface area contributed by atoms with Crippen molar-refractivity contribution in [1.82, 2.24) is 14.8 Å². The van der Waals surface area contributed by atoms with Gasteiger partial charge in [-0.05, 0) is 79.9 Å². The molecule has 0 radical (unpaired) electrons. The molecule has 7 heteroatoms. The van der Waals surface area contributed by atoms with Crippen molar-refractivity contribution in [3.8, 4) is 17.0 Å². The van der Waals surface area contributed by atoms with Gasteiger partial charge >= 0.3 is 5.97 Å². The monoisotopic (exact) mass is 523 g/mol. The Labute approximate surface area is 208 Å². The first-order valence-corrected chi connectivity index (χ1v) is 12.9. The Kier molecular flexibility index (Phi) is 6.86. The van der Waals surface area contributed by atoms with E-state index in [0.29, 0.717) is 33.7 Å². The average Bonchev–Trinajstić information content (AvgIpc) is 2.87. The van der Waals surface area contributed by atoms with Crippen LogP contribution in [0.1, 0.15) is 48.0 Å². The SMILES string of the molecule is O=C(O)c1c(CN2CCC(N3CCCCC3)CC2)c(-c2ccccc2)nc2c(Br)c(O)ccc12. The minimum Gasteiger partial charge on any atom is -0.507 e. The minimum absolute atomic E-state index is 0.0443. The molecule has 3 aromatic rings. The number of aromatic nitrogens is 1. The van der Waals surface area contributed by atoms with Crippen LogP contribution in [0.4, 0.5) is 0 Å². The van der Waals surface area contributed by atoms with Gasteiger partial charge in [0.2, 0.25) is 0 Å². The summed E-state index contributed by atoms with van der Waals surface area (Å²) in [4.78, 5) is 22.5. The second-order valence-electron chi connectivity index (χ2n) is 9.38. The third-order valence-corrected chi connectivity index (χ3v) is 8.07. The molecule has 2 saturated heterocycles. The second-order valence-corrected chi connectivity index (χ2v) is 10.2. The van der Waals surface area contributed by atoms with Crippen molar-refractivity contribution in [2.45, 2.75) is 44.7 Å². The lowest BCUT2D eigenvalue weighted by Crippen LogP contribution is -2.46. The van der Waals surface area contributed by atoms with Crippen LogP contribution in [0.3, 0.4) is 0 Å². The van der Waals surface area contributed by atoms with Gasteiger partial charge in [-0.15, -0.1) is 0 Å². The van der Waals surface area contributed by atoms with Crippen LogP contribution in [0.2, 0.25) is 0 Å². The molecule has 0 bridgehead atoms. The first-order chi connectivity index (χ1) is 16.5. The molecule has 5 rings (SSSR count). The number of piperidine rings is 2. The number of nitrogens with zero attached hydrogens (tertiary/aromatic N) is 3. The lowest BCUT2D eigenvalue weighted by molar-refractivity contribution is 0.0692. The molecular weight excluding hydrogens is 494 g/mol. The molecule has 0 aliphatic carbocycles. The smallest absolute Gasteiger partial charge is 0.336 e. The predicted molar refractivity (Wildman–Crippen MR) is 137 cm³/mol. The zero-order valence-electron chi connectivity index (χ0n) is 19.2. The summed E-state index contributed by atoms with van der Waals surface area (Å²) < 4.78 is 0.415. The van der Waals surface area contributed by atoms with Crippen molar-refractivity contribution in [1.29, 1.82) is 0 Å². The lowest BCUT2D eigenvalue weighted by atomic mass is 9.94. The molecule has 3 heterocycles. The Morgan fingerprint density at radius 2 is 1.71 bits per heavy atom. The molecule has 0 spiro atoms. The van der Waals surface area contributed by atoms with Gasteiger partial charge in [-0.25, -0.2) is 9.78 Å². The van der Waals surface area contributed by atoms with E-state index in [0.717, 1.165) is 37.1 Å². The highest BCUT2D eigenvalue weighted by atomic mass is 79.9. The Hall–Kier alpha value is -2.48. The van der Waals surface area contributed by atoms with Gasteiger partial charge in [0.1, 0.15) is 5.75 Å². The largest absolute Gasteiger partial charge is 0.507 e. The van der Waals surface area contributed by atoms with E-state index in [1.807, 2.05) is 30.3 Å². The number of hydrogen-bond donors (Lipinski definition) is 2. The summed E-state index contributed by atoms with van der Waals surface area (Å²) in [6.45, 7) is 4.86. The van der Waals surface area contributed by atoms with E-state index in [-0.39, 0.29) is 11.3 Å². The Balaban J connectivity index is 1.52. The quantitative estimate of drug-likeness (QED) is 0.458. The number of carbonyl (C=O) groups is 1. The van der Waals surface area contributed by atoms with Crippen molar-refractivity contribution in [3.63, 3.8) is 0 Å². The van der Waals surface area contributed by atoms with Crippen LogP contribution in [0, 0.1) is 0 Å². The molecule has 2 fully saturated rings. The molecule has 6 nitrogen and oxygen atoms in total. The summed E-state index contributed by atoms with van der Waals surface area (Å²) in [6.07, 6.45) is 6.18. The third kappa shape index (κ3) is 4.57. The summed E-state index contributed by atoms with van der Waals surface area (Å²) >= 11 is 3.42. The average molecular weight is 524 g/mol. The number of benzene rings is 2. The number of likely N-dealkylation sites (tertiary alicyclic amines) is 2. The van der Waals surface area contributed by atoms with Crippen molar-refractivity contribution in [2.24, 2.45) is 0 Å². The number of carboxylic acid groups (broad SMARTS) is 1. The van der Waals surface area contributed by atoms with Crippen LogP contribution in [0.25, 0.3) is 22.2 Å². The van der Waals surface area contributed by atoms with Gasteiger partial charge in [-0.3, -0.25) is 4.90 Å². The van der Waals surface area contributed by atoms with Crippen LogP contribution < -0.4 is 0 Å². The summed E-state index contributed by atoms with van der Waals surface area (Å²) in [7, 11) is 0. The highest BCUT2D eigenvalue weighted by Gasteiger charge is 2.29. The maximum atomic E-state index is 12.6. The van der Waals surface area contributed by atoms with E-state index < -0.39 is 5.97 Å². The number of pyridine rings is 1. The van der Waals surface area contributed by atoms with Gasteiger partial charge in [0.05, 0.1) is 21.2 Å². The molecule has 2 aliphatic rings. The Morgan fingerprint density at radius 3 is 2.38 bits per heavy atom. The standard InChI is InChI=1S/C27H30BrN3O3/c28-24-22(32)10-9-20-23(27(33)34)21(25(29-26(20)24)18-7-3-1-4-8-18)17-30-15-11-19(12-16-30)31-13-5-2-6-14-31/h1,3-4,7-10,19,32H,2,5-6,11-17H2,(H,33,34). The number of phenols is 1. The van der Waals surface area contributed by atoms with Crippen molar-refractivity contribution >= 4 is 32.8 Å². The normalized spacial score (nSPS) is 18.4. The molecular formula is C27H30BrN3O3. The minimum atomic E-state index is -0.972. The first kappa shape index (κ1) is 23.3. The van der Waals surface area contributed by atoms with Gasteiger partial charge in [0, 0.05) is 29.1 Å². The zero-order valence-corrected chi connectivity index (χ0v) is 20.8. The molecule has 0 atom stereocenters. The molecule has 0 saturated carbocycles. The van der Waals surface area contributed by atoms with Crippen molar-refractivity contribution in [2.75, 3.05) is 26.2 Å². The highest BCUT2D eigenvalue weighted by Crippen LogP contribution is 2.38. The van der Waals surface area contributed by atoms with Crippen LogP contribution in [0.15, 0.2) is 46.9 Å². The summed E-state index contributed by atoms with van der Waals surface area (Å²) in [5.74, 6) is -0.928. The number of aromatic hydroxyl groups is 1. The van der Waals surface area contributed by atoms with E-state index in [2.05, 4.69) is 25.7 Å².